The zero-order chi connectivity index (χ0) is 16.7. The minimum absolute atomic E-state index is 0.0922. The van der Waals surface area contributed by atoms with Crippen molar-refractivity contribution in [2.75, 3.05) is 0 Å². The number of esters is 1. The van der Waals surface area contributed by atoms with E-state index in [-0.39, 0.29) is 17.9 Å². The second-order valence-corrected chi connectivity index (χ2v) is 6.15. The first-order valence-electron chi connectivity index (χ1n) is 7.33. The molecule has 0 unspecified atom stereocenters. The van der Waals surface area contributed by atoms with Crippen LogP contribution in [0.3, 0.4) is 0 Å². The average Bonchev–Trinajstić information content (AvgIpc) is 2.96. The number of carbonyl (C=O) groups excluding carboxylic acids is 3. The number of carbonyl (C=O) groups is 3. The molecule has 0 radical (unpaired) electrons. The zero-order valence-electron chi connectivity index (χ0n) is 12.9. The lowest BCUT2D eigenvalue weighted by Crippen LogP contribution is -2.41. The van der Waals surface area contributed by atoms with Crippen LogP contribution in [0.2, 0.25) is 0 Å². The van der Waals surface area contributed by atoms with Gasteiger partial charge in [-0.1, -0.05) is 18.2 Å². The second-order valence-electron chi connectivity index (χ2n) is 6.15. The van der Waals surface area contributed by atoms with E-state index in [4.69, 9.17) is 9.47 Å². The molecule has 1 aliphatic carbocycles. The summed E-state index contributed by atoms with van der Waals surface area (Å²) in [5.41, 5.74) is -1.66. The van der Waals surface area contributed by atoms with Gasteiger partial charge in [0.2, 0.25) is 0 Å². The molecule has 1 aromatic carbocycles. The highest BCUT2D eigenvalue weighted by atomic mass is 16.6. The van der Waals surface area contributed by atoms with E-state index in [9.17, 15) is 14.4 Å². The third-order valence-electron chi connectivity index (χ3n) is 3.93. The summed E-state index contributed by atoms with van der Waals surface area (Å²) >= 11 is 0. The minimum Gasteiger partial charge on any atom is -0.454 e. The largest absolute Gasteiger partial charge is 0.454 e. The first-order chi connectivity index (χ1) is 10.9. The Bertz CT molecular complexity index is 694. The van der Waals surface area contributed by atoms with Crippen LogP contribution in [0.5, 0.6) is 0 Å². The van der Waals surface area contributed by atoms with Crippen LogP contribution in [0.4, 0.5) is 0 Å². The van der Waals surface area contributed by atoms with E-state index >= 15 is 0 Å². The highest BCUT2D eigenvalue weighted by Crippen LogP contribution is 2.41. The third-order valence-corrected chi connectivity index (χ3v) is 3.93. The molecule has 1 saturated heterocycles. The summed E-state index contributed by atoms with van der Waals surface area (Å²) in [6.07, 6.45) is 1.46. The summed E-state index contributed by atoms with van der Waals surface area (Å²) in [6, 6.07) is 8.54. The van der Waals surface area contributed by atoms with E-state index in [1.165, 1.54) is 6.08 Å². The highest BCUT2D eigenvalue weighted by molar-refractivity contribution is 5.99. The number of hydrogen-bond acceptors (Lipinski definition) is 5. The summed E-state index contributed by atoms with van der Waals surface area (Å²) in [5.74, 6) is -0.897. The van der Waals surface area contributed by atoms with Crippen LogP contribution in [0, 0.1) is 0 Å². The Balaban J connectivity index is 1.80. The Morgan fingerprint density at radius 1 is 1.35 bits per heavy atom. The lowest BCUT2D eigenvalue weighted by atomic mass is 9.95. The number of amides is 1. The molecule has 0 saturated carbocycles. The van der Waals surface area contributed by atoms with Crippen LogP contribution in [-0.4, -0.2) is 35.6 Å². The molecule has 2 atom stereocenters. The third kappa shape index (κ3) is 2.66. The average molecular weight is 315 g/mol. The van der Waals surface area contributed by atoms with Gasteiger partial charge in [0.1, 0.15) is 18.1 Å². The molecule has 1 aromatic rings. The highest BCUT2D eigenvalue weighted by Gasteiger charge is 2.58. The lowest BCUT2D eigenvalue weighted by Gasteiger charge is -2.25. The minimum atomic E-state index is -1.38. The van der Waals surface area contributed by atoms with E-state index in [1.807, 2.05) is 0 Å². The fourth-order valence-electron chi connectivity index (χ4n) is 2.99. The van der Waals surface area contributed by atoms with Crippen molar-refractivity contribution in [2.45, 2.75) is 37.7 Å². The number of nitrogens with one attached hydrogen (secondary N) is 1. The quantitative estimate of drug-likeness (QED) is 0.673. The summed E-state index contributed by atoms with van der Waals surface area (Å²) < 4.78 is 11.2. The monoisotopic (exact) mass is 315 g/mol. The molecule has 1 amide bonds. The molecule has 3 rings (SSSR count). The van der Waals surface area contributed by atoms with Crippen LogP contribution in [0.1, 0.15) is 30.6 Å². The number of aldehydes is 1. The van der Waals surface area contributed by atoms with Gasteiger partial charge in [-0.3, -0.25) is 9.59 Å². The first kappa shape index (κ1) is 15.4. The van der Waals surface area contributed by atoms with Crippen molar-refractivity contribution in [3.05, 3.63) is 47.5 Å². The second kappa shape index (κ2) is 5.31. The maximum Gasteiger partial charge on any atom is 0.338 e. The predicted molar refractivity (Wildman–Crippen MR) is 80.4 cm³/mol. The Kier molecular flexibility index (Phi) is 3.56. The van der Waals surface area contributed by atoms with Crippen LogP contribution < -0.4 is 5.32 Å². The SMILES string of the molecule is CC1(C)NC(=O)[C@@]2(C[C@H](OC(=O)c3ccccc3)C=C2C=O)O1. The summed E-state index contributed by atoms with van der Waals surface area (Å²) in [4.78, 5) is 35.8. The Labute approximate surface area is 133 Å². The maximum atomic E-state index is 12.3. The molecule has 120 valence electrons. The van der Waals surface area contributed by atoms with Gasteiger partial charge in [0.15, 0.2) is 5.60 Å². The van der Waals surface area contributed by atoms with Crippen molar-refractivity contribution in [3.8, 4) is 0 Å². The molecular weight excluding hydrogens is 298 g/mol. The smallest absolute Gasteiger partial charge is 0.338 e. The molecule has 0 aromatic heterocycles. The number of ether oxygens (including phenoxy) is 2. The Hall–Kier alpha value is -2.47. The molecule has 1 N–H and O–H groups in total. The van der Waals surface area contributed by atoms with Gasteiger partial charge >= 0.3 is 5.97 Å². The van der Waals surface area contributed by atoms with Gasteiger partial charge in [-0.15, -0.1) is 0 Å². The molecule has 2 aliphatic rings. The van der Waals surface area contributed by atoms with E-state index in [2.05, 4.69) is 5.32 Å². The normalized spacial score (nSPS) is 28.3. The van der Waals surface area contributed by atoms with E-state index in [0.717, 1.165) is 0 Å². The Morgan fingerprint density at radius 3 is 2.61 bits per heavy atom. The van der Waals surface area contributed by atoms with Crippen molar-refractivity contribution in [1.29, 1.82) is 0 Å². The van der Waals surface area contributed by atoms with Crippen LogP contribution >= 0.6 is 0 Å². The number of benzene rings is 1. The predicted octanol–water partition coefficient (Wildman–Crippen LogP) is 1.36. The van der Waals surface area contributed by atoms with Gasteiger partial charge in [0, 0.05) is 12.0 Å². The van der Waals surface area contributed by atoms with Gasteiger partial charge in [0.05, 0.1) is 5.56 Å². The topological polar surface area (TPSA) is 81.7 Å². The molecule has 1 spiro atoms. The van der Waals surface area contributed by atoms with Crippen molar-refractivity contribution in [1.82, 2.24) is 5.32 Å². The molecule has 1 heterocycles. The lowest BCUT2D eigenvalue weighted by molar-refractivity contribution is -0.135. The molecule has 1 fully saturated rings. The van der Waals surface area contributed by atoms with Crippen LogP contribution in [0.25, 0.3) is 0 Å². The van der Waals surface area contributed by atoms with Gasteiger partial charge in [0.25, 0.3) is 5.91 Å². The van der Waals surface area contributed by atoms with E-state index < -0.39 is 23.4 Å². The van der Waals surface area contributed by atoms with Crippen LogP contribution in [-0.2, 0) is 19.1 Å². The molecule has 1 aliphatic heterocycles. The molecule has 6 heteroatoms. The van der Waals surface area contributed by atoms with Gasteiger partial charge in [-0.2, -0.15) is 0 Å². The Morgan fingerprint density at radius 2 is 2.04 bits per heavy atom. The molecule has 0 bridgehead atoms. The van der Waals surface area contributed by atoms with Crippen molar-refractivity contribution >= 4 is 18.2 Å². The molecule has 23 heavy (non-hydrogen) atoms. The van der Waals surface area contributed by atoms with Gasteiger partial charge < -0.3 is 14.8 Å². The number of hydrogen-bond donors (Lipinski definition) is 1. The fourth-order valence-corrected chi connectivity index (χ4v) is 2.99. The zero-order valence-corrected chi connectivity index (χ0v) is 12.9. The summed E-state index contributed by atoms with van der Waals surface area (Å²) in [6.45, 7) is 3.40. The molecule has 6 nitrogen and oxygen atoms in total. The molecular formula is C17H17NO5. The van der Waals surface area contributed by atoms with Crippen molar-refractivity contribution in [3.63, 3.8) is 0 Å². The van der Waals surface area contributed by atoms with Gasteiger partial charge in [-0.25, -0.2) is 4.79 Å². The summed E-state index contributed by atoms with van der Waals surface area (Å²) in [7, 11) is 0. The summed E-state index contributed by atoms with van der Waals surface area (Å²) in [5, 5.41) is 2.69. The van der Waals surface area contributed by atoms with Crippen LogP contribution in [0.15, 0.2) is 42.0 Å². The van der Waals surface area contributed by atoms with E-state index in [1.54, 1.807) is 44.2 Å². The maximum absolute atomic E-state index is 12.3. The van der Waals surface area contributed by atoms with Crippen molar-refractivity contribution in [2.24, 2.45) is 0 Å². The standard InChI is InChI=1S/C17H17NO5/c1-16(2)18-15(21)17(23-16)9-13(8-12(17)10-19)22-14(20)11-6-4-3-5-7-11/h3-8,10,13H,9H2,1-2H3,(H,18,21)/t13-,17+/m1/s1. The first-order valence-corrected chi connectivity index (χ1v) is 7.33. The fraction of sp³-hybridized carbons (Fsp3) is 0.353. The van der Waals surface area contributed by atoms with Gasteiger partial charge in [-0.05, 0) is 32.1 Å². The number of rotatable bonds is 3. The van der Waals surface area contributed by atoms with Crippen molar-refractivity contribution < 1.29 is 23.9 Å². The van der Waals surface area contributed by atoms with E-state index in [0.29, 0.717) is 11.8 Å².